The van der Waals surface area contributed by atoms with E-state index in [9.17, 15) is 4.79 Å². The highest BCUT2D eigenvalue weighted by Gasteiger charge is 1.95. The van der Waals surface area contributed by atoms with Crippen LogP contribution in [0, 0.1) is 0 Å². The van der Waals surface area contributed by atoms with Gasteiger partial charge in [-0.05, 0) is 25.0 Å². The van der Waals surface area contributed by atoms with Crippen LogP contribution in [0.25, 0.3) is 0 Å². The maximum absolute atomic E-state index is 10.5. The molecule has 0 bridgehead atoms. The van der Waals surface area contributed by atoms with Gasteiger partial charge in [-0.2, -0.15) is 0 Å². The van der Waals surface area contributed by atoms with Crippen molar-refractivity contribution in [2.24, 2.45) is 0 Å². The van der Waals surface area contributed by atoms with Crippen molar-refractivity contribution in [2.75, 3.05) is 11.9 Å². The molecule has 1 aromatic carbocycles. The molecule has 0 amide bonds. The second-order valence-corrected chi connectivity index (χ2v) is 3.73. The van der Waals surface area contributed by atoms with E-state index in [2.05, 4.69) is 15.9 Å². The highest BCUT2D eigenvalue weighted by Crippen LogP contribution is 2.12. The number of alkyl halides is 1. The van der Waals surface area contributed by atoms with Crippen molar-refractivity contribution in [3.05, 3.63) is 29.8 Å². The van der Waals surface area contributed by atoms with Gasteiger partial charge in [0.25, 0.3) is 0 Å². The molecule has 0 fully saturated rings. The number of rotatable bonds is 6. The quantitative estimate of drug-likeness (QED) is 0.444. The fourth-order valence-corrected chi connectivity index (χ4v) is 1.46. The molecule has 1 rings (SSSR count). The average Bonchev–Trinajstić information content (AvgIpc) is 2.25. The van der Waals surface area contributed by atoms with E-state index in [0.29, 0.717) is 12.2 Å². The fraction of sp³-hybridized carbons (Fsp3) is 0.364. The van der Waals surface area contributed by atoms with Gasteiger partial charge < -0.3 is 4.74 Å². The summed E-state index contributed by atoms with van der Waals surface area (Å²) in [6.07, 6.45) is 2.95. The van der Waals surface area contributed by atoms with Crippen LogP contribution in [0.5, 0.6) is 5.75 Å². The van der Waals surface area contributed by atoms with Crippen LogP contribution >= 0.6 is 15.9 Å². The largest absolute Gasteiger partial charge is 0.494 e. The zero-order chi connectivity index (χ0) is 10.2. The standard InChI is InChI=1S/C11H13BrO2/c12-6-1-2-7-14-11-5-3-4-10(8-11)9-13/h3-5,8-9H,1-2,6-7H2. The molecular formula is C11H13BrO2. The number of benzene rings is 1. The first-order valence-corrected chi connectivity index (χ1v) is 5.73. The smallest absolute Gasteiger partial charge is 0.150 e. The minimum absolute atomic E-state index is 0.656. The number of hydrogen-bond acceptors (Lipinski definition) is 2. The van der Waals surface area contributed by atoms with E-state index in [1.807, 2.05) is 12.1 Å². The number of ether oxygens (including phenoxy) is 1. The van der Waals surface area contributed by atoms with Gasteiger partial charge in [-0.3, -0.25) is 4.79 Å². The van der Waals surface area contributed by atoms with Crippen LogP contribution in [-0.4, -0.2) is 18.2 Å². The first-order valence-electron chi connectivity index (χ1n) is 4.61. The zero-order valence-corrected chi connectivity index (χ0v) is 9.50. The van der Waals surface area contributed by atoms with E-state index in [4.69, 9.17) is 4.74 Å². The van der Waals surface area contributed by atoms with Crippen molar-refractivity contribution in [3.63, 3.8) is 0 Å². The number of hydrogen-bond donors (Lipinski definition) is 0. The van der Waals surface area contributed by atoms with Gasteiger partial charge in [0.1, 0.15) is 12.0 Å². The second-order valence-electron chi connectivity index (χ2n) is 2.93. The number of unbranched alkanes of at least 4 members (excludes halogenated alkanes) is 1. The van der Waals surface area contributed by atoms with E-state index >= 15 is 0 Å². The molecule has 3 heteroatoms. The third-order valence-corrected chi connectivity index (χ3v) is 2.35. The molecule has 0 aliphatic carbocycles. The van der Waals surface area contributed by atoms with E-state index in [1.54, 1.807) is 12.1 Å². The Hall–Kier alpha value is -0.830. The lowest BCUT2D eigenvalue weighted by Gasteiger charge is -2.05. The molecule has 0 aliphatic heterocycles. The molecule has 76 valence electrons. The summed E-state index contributed by atoms with van der Waals surface area (Å²) in [5.41, 5.74) is 0.656. The minimum atomic E-state index is 0.656. The molecule has 0 saturated carbocycles. The summed E-state index contributed by atoms with van der Waals surface area (Å²) in [7, 11) is 0. The van der Waals surface area contributed by atoms with Crippen molar-refractivity contribution in [1.82, 2.24) is 0 Å². The summed E-state index contributed by atoms with van der Waals surface area (Å²) in [6.45, 7) is 0.702. The molecule has 0 aliphatic rings. The summed E-state index contributed by atoms with van der Waals surface area (Å²) in [5, 5.41) is 1.00. The summed E-state index contributed by atoms with van der Waals surface area (Å²) >= 11 is 3.36. The number of halogens is 1. The van der Waals surface area contributed by atoms with Gasteiger partial charge >= 0.3 is 0 Å². The Bertz CT molecular complexity index is 286. The zero-order valence-electron chi connectivity index (χ0n) is 7.91. The predicted molar refractivity (Wildman–Crippen MR) is 60.4 cm³/mol. The van der Waals surface area contributed by atoms with Crippen molar-refractivity contribution in [2.45, 2.75) is 12.8 Å². The number of aldehydes is 1. The summed E-state index contributed by atoms with van der Waals surface area (Å²) in [5.74, 6) is 0.768. The van der Waals surface area contributed by atoms with Crippen LogP contribution in [0.2, 0.25) is 0 Å². The van der Waals surface area contributed by atoms with Crippen LogP contribution in [-0.2, 0) is 0 Å². The lowest BCUT2D eigenvalue weighted by atomic mass is 10.2. The highest BCUT2D eigenvalue weighted by atomic mass is 79.9. The monoisotopic (exact) mass is 256 g/mol. The fourth-order valence-electron chi connectivity index (χ4n) is 1.06. The minimum Gasteiger partial charge on any atom is -0.494 e. The molecular weight excluding hydrogens is 244 g/mol. The van der Waals surface area contributed by atoms with Gasteiger partial charge in [-0.15, -0.1) is 0 Å². The lowest BCUT2D eigenvalue weighted by molar-refractivity contribution is 0.112. The summed E-state index contributed by atoms with van der Waals surface area (Å²) in [6, 6.07) is 7.20. The van der Waals surface area contributed by atoms with Crippen LogP contribution < -0.4 is 4.74 Å². The summed E-state index contributed by atoms with van der Waals surface area (Å²) in [4.78, 5) is 10.5. The molecule has 0 heterocycles. The third-order valence-electron chi connectivity index (χ3n) is 1.79. The maximum Gasteiger partial charge on any atom is 0.150 e. The molecule has 1 aromatic rings. The highest BCUT2D eigenvalue weighted by molar-refractivity contribution is 9.09. The normalized spacial score (nSPS) is 9.79. The number of carbonyl (C=O) groups excluding carboxylic acids is 1. The van der Waals surface area contributed by atoms with Crippen molar-refractivity contribution in [3.8, 4) is 5.75 Å². The molecule has 0 spiro atoms. The Labute approximate surface area is 92.4 Å². The average molecular weight is 257 g/mol. The summed E-state index contributed by atoms with van der Waals surface area (Å²) < 4.78 is 5.47. The second kappa shape index (κ2) is 6.60. The SMILES string of the molecule is O=Cc1cccc(OCCCCBr)c1. The topological polar surface area (TPSA) is 26.3 Å². The van der Waals surface area contributed by atoms with Gasteiger partial charge in [-0.1, -0.05) is 28.1 Å². The molecule has 14 heavy (non-hydrogen) atoms. The van der Waals surface area contributed by atoms with Gasteiger partial charge in [0.05, 0.1) is 6.61 Å². The third kappa shape index (κ3) is 3.92. The first-order chi connectivity index (χ1) is 6.86. The Kier molecular flexibility index (Phi) is 5.30. The van der Waals surface area contributed by atoms with E-state index < -0.39 is 0 Å². The van der Waals surface area contributed by atoms with Crippen molar-refractivity contribution >= 4 is 22.2 Å². The first kappa shape index (κ1) is 11.2. The van der Waals surface area contributed by atoms with Crippen molar-refractivity contribution in [1.29, 1.82) is 0 Å². The lowest BCUT2D eigenvalue weighted by Crippen LogP contribution is -1.97. The van der Waals surface area contributed by atoms with E-state index in [1.165, 1.54) is 0 Å². The maximum atomic E-state index is 10.5. The van der Waals surface area contributed by atoms with Gasteiger partial charge in [0, 0.05) is 10.9 Å². The molecule has 0 saturated heterocycles. The Morgan fingerprint density at radius 2 is 2.21 bits per heavy atom. The Morgan fingerprint density at radius 1 is 1.36 bits per heavy atom. The van der Waals surface area contributed by atoms with Crippen LogP contribution in [0.1, 0.15) is 23.2 Å². The van der Waals surface area contributed by atoms with Crippen LogP contribution in [0.15, 0.2) is 24.3 Å². The van der Waals surface area contributed by atoms with E-state index in [0.717, 1.165) is 30.2 Å². The molecule has 0 N–H and O–H groups in total. The Balaban J connectivity index is 2.38. The predicted octanol–water partition coefficient (Wildman–Crippen LogP) is 3.05. The van der Waals surface area contributed by atoms with E-state index in [-0.39, 0.29) is 0 Å². The Morgan fingerprint density at radius 3 is 2.93 bits per heavy atom. The molecule has 0 atom stereocenters. The molecule has 2 nitrogen and oxygen atoms in total. The number of carbonyl (C=O) groups is 1. The molecule has 0 unspecified atom stereocenters. The van der Waals surface area contributed by atoms with Crippen LogP contribution in [0.3, 0.4) is 0 Å². The van der Waals surface area contributed by atoms with Crippen molar-refractivity contribution < 1.29 is 9.53 Å². The van der Waals surface area contributed by atoms with Gasteiger partial charge in [0.15, 0.2) is 0 Å². The van der Waals surface area contributed by atoms with Gasteiger partial charge in [0.2, 0.25) is 0 Å². The molecule has 0 radical (unpaired) electrons. The van der Waals surface area contributed by atoms with Gasteiger partial charge in [-0.25, -0.2) is 0 Å². The molecule has 0 aromatic heterocycles. The van der Waals surface area contributed by atoms with Crippen LogP contribution in [0.4, 0.5) is 0 Å².